The van der Waals surface area contributed by atoms with E-state index in [2.05, 4.69) is 15.5 Å². The van der Waals surface area contributed by atoms with E-state index in [9.17, 15) is 14.4 Å². The highest BCUT2D eigenvalue weighted by Gasteiger charge is 2.35. The van der Waals surface area contributed by atoms with Crippen LogP contribution in [0.2, 0.25) is 0 Å². The van der Waals surface area contributed by atoms with E-state index in [4.69, 9.17) is 0 Å². The zero-order chi connectivity index (χ0) is 18.8. The molecule has 0 radical (unpaired) electrons. The molecule has 2 heterocycles. The molecule has 1 aliphatic rings. The number of aromatic nitrogens is 2. The summed E-state index contributed by atoms with van der Waals surface area (Å²) in [6, 6.07) is 14.2. The van der Waals surface area contributed by atoms with Gasteiger partial charge in [0, 0.05) is 12.1 Å². The lowest BCUT2D eigenvalue weighted by Gasteiger charge is -2.13. The zero-order valence-corrected chi connectivity index (χ0v) is 14.9. The van der Waals surface area contributed by atoms with Gasteiger partial charge in [-0.05, 0) is 30.2 Å². The summed E-state index contributed by atoms with van der Waals surface area (Å²) in [6.07, 6.45) is 0.580. The predicted molar refractivity (Wildman–Crippen MR) is 99.8 cm³/mol. The van der Waals surface area contributed by atoms with E-state index in [1.54, 1.807) is 0 Å². The molecule has 1 aromatic heterocycles. The van der Waals surface area contributed by atoms with Gasteiger partial charge in [0.2, 0.25) is 5.13 Å². The zero-order valence-electron chi connectivity index (χ0n) is 14.1. The Morgan fingerprint density at radius 1 is 1.04 bits per heavy atom. The summed E-state index contributed by atoms with van der Waals surface area (Å²) in [5.41, 5.74) is 3.41. The fourth-order valence-electron chi connectivity index (χ4n) is 2.92. The van der Waals surface area contributed by atoms with Crippen molar-refractivity contribution in [2.75, 3.05) is 11.9 Å². The van der Waals surface area contributed by atoms with Crippen LogP contribution in [-0.2, 0) is 6.42 Å². The highest BCUT2D eigenvalue weighted by molar-refractivity contribution is 7.13. The van der Waals surface area contributed by atoms with E-state index >= 15 is 0 Å². The van der Waals surface area contributed by atoms with Crippen molar-refractivity contribution < 1.29 is 14.4 Å². The maximum Gasteiger partial charge on any atom is 0.261 e. The van der Waals surface area contributed by atoms with Gasteiger partial charge in [0.15, 0.2) is 0 Å². The van der Waals surface area contributed by atoms with Crippen LogP contribution in [0.25, 0.3) is 0 Å². The molecule has 0 saturated heterocycles. The molecule has 7 nitrogen and oxygen atoms in total. The van der Waals surface area contributed by atoms with Crippen molar-refractivity contribution in [3.8, 4) is 0 Å². The minimum atomic E-state index is -0.405. The summed E-state index contributed by atoms with van der Waals surface area (Å²) in [7, 11) is 0. The van der Waals surface area contributed by atoms with Crippen LogP contribution in [0.1, 0.15) is 36.6 Å². The van der Waals surface area contributed by atoms with Crippen molar-refractivity contribution >= 4 is 34.2 Å². The number of imide groups is 1. The molecular formula is C19H14N4O3S. The molecule has 1 aliphatic heterocycles. The van der Waals surface area contributed by atoms with Gasteiger partial charge in [0.25, 0.3) is 17.7 Å². The number of rotatable bonds is 5. The Balaban J connectivity index is 1.51. The standard InChI is InChI=1S/C19H14N4O3S/c24-16(21-19-22-20-11-27-19)13-6-7-14-15(10-13)18(26)23(17(14)25)9-8-12-4-2-1-3-5-12/h1-7,10-11H,8-9H2,(H,21,22,24). The first-order valence-corrected chi connectivity index (χ1v) is 9.13. The number of amides is 3. The minimum Gasteiger partial charge on any atom is -0.296 e. The van der Waals surface area contributed by atoms with Gasteiger partial charge in [-0.15, -0.1) is 10.2 Å². The lowest BCUT2D eigenvalue weighted by atomic mass is 10.1. The van der Waals surface area contributed by atoms with Gasteiger partial charge < -0.3 is 0 Å². The SMILES string of the molecule is O=C(Nc1nncs1)c1ccc2c(c1)C(=O)N(CCc1ccccc1)C2=O. The molecule has 2 aromatic carbocycles. The molecule has 27 heavy (non-hydrogen) atoms. The molecule has 1 N–H and O–H groups in total. The smallest absolute Gasteiger partial charge is 0.261 e. The monoisotopic (exact) mass is 378 g/mol. The summed E-state index contributed by atoms with van der Waals surface area (Å²) in [5, 5.41) is 10.4. The molecule has 0 aliphatic carbocycles. The van der Waals surface area contributed by atoms with Crippen LogP contribution in [0.15, 0.2) is 54.0 Å². The Kier molecular flexibility index (Phi) is 4.47. The van der Waals surface area contributed by atoms with E-state index in [1.165, 1.54) is 39.9 Å². The van der Waals surface area contributed by atoms with Gasteiger partial charge in [0.1, 0.15) is 5.51 Å². The second-order valence-electron chi connectivity index (χ2n) is 5.96. The van der Waals surface area contributed by atoms with Gasteiger partial charge in [0.05, 0.1) is 11.1 Å². The Morgan fingerprint density at radius 2 is 1.81 bits per heavy atom. The highest BCUT2D eigenvalue weighted by atomic mass is 32.1. The van der Waals surface area contributed by atoms with E-state index in [0.29, 0.717) is 23.7 Å². The molecule has 0 unspecified atom stereocenters. The summed E-state index contributed by atoms with van der Waals surface area (Å²) in [5.74, 6) is -1.11. The summed E-state index contributed by atoms with van der Waals surface area (Å²) in [6.45, 7) is 0.294. The normalized spacial score (nSPS) is 13.0. The van der Waals surface area contributed by atoms with Crippen molar-refractivity contribution in [1.82, 2.24) is 15.1 Å². The average Bonchev–Trinajstić information content (AvgIpc) is 3.28. The quantitative estimate of drug-likeness (QED) is 0.689. The maximum absolute atomic E-state index is 12.7. The van der Waals surface area contributed by atoms with Crippen LogP contribution in [0, 0.1) is 0 Å². The molecule has 0 bridgehead atoms. The Bertz CT molecular complexity index is 1020. The van der Waals surface area contributed by atoms with Gasteiger partial charge in [-0.2, -0.15) is 0 Å². The van der Waals surface area contributed by atoms with Crippen molar-refractivity contribution in [3.05, 3.63) is 76.3 Å². The molecule has 4 rings (SSSR count). The van der Waals surface area contributed by atoms with E-state index < -0.39 is 5.91 Å². The second kappa shape index (κ2) is 7.08. The maximum atomic E-state index is 12.7. The van der Waals surface area contributed by atoms with Gasteiger partial charge >= 0.3 is 0 Å². The molecule has 3 amide bonds. The first-order valence-electron chi connectivity index (χ1n) is 8.25. The average molecular weight is 378 g/mol. The predicted octanol–water partition coefficient (Wildman–Crippen LogP) is 2.63. The van der Waals surface area contributed by atoms with Gasteiger partial charge in [-0.3, -0.25) is 24.6 Å². The lowest BCUT2D eigenvalue weighted by molar-refractivity contribution is 0.0656. The van der Waals surface area contributed by atoms with Gasteiger partial charge in [-0.1, -0.05) is 41.7 Å². The summed E-state index contributed by atoms with van der Waals surface area (Å²) in [4.78, 5) is 38.8. The van der Waals surface area contributed by atoms with Crippen LogP contribution in [-0.4, -0.2) is 39.4 Å². The van der Waals surface area contributed by atoms with Crippen LogP contribution < -0.4 is 5.32 Å². The molecule has 0 fully saturated rings. The Hall–Kier alpha value is -3.39. The third kappa shape index (κ3) is 3.34. The fraction of sp³-hybridized carbons (Fsp3) is 0.105. The van der Waals surface area contributed by atoms with Crippen molar-refractivity contribution in [2.24, 2.45) is 0 Å². The number of anilines is 1. The van der Waals surface area contributed by atoms with Crippen molar-refractivity contribution in [2.45, 2.75) is 6.42 Å². The van der Waals surface area contributed by atoms with E-state index in [-0.39, 0.29) is 22.9 Å². The molecule has 0 spiro atoms. The molecule has 134 valence electrons. The van der Waals surface area contributed by atoms with E-state index in [1.807, 2.05) is 30.3 Å². The van der Waals surface area contributed by atoms with E-state index in [0.717, 1.165) is 5.56 Å². The number of nitrogens with zero attached hydrogens (tertiary/aromatic N) is 3. The molecule has 0 atom stereocenters. The van der Waals surface area contributed by atoms with Crippen LogP contribution in [0.4, 0.5) is 5.13 Å². The Morgan fingerprint density at radius 3 is 2.56 bits per heavy atom. The minimum absolute atomic E-state index is 0.248. The third-order valence-corrected chi connectivity index (χ3v) is 4.89. The van der Waals surface area contributed by atoms with Gasteiger partial charge in [-0.25, -0.2) is 0 Å². The topological polar surface area (TPSA) is 92.3 Å². The fourth-order valence-corrected chi connectivity index (χ4v) is 3.36. The number of hydrogen-bond donors (Lipinski definition) is 1. The lowest BCUT2D eigenvalue weighted by Crippen LogP contribution is -2.31. The summed E-state index contributed by atoms with van der Waals surface area (Å²) < 4.78 is 0. The largest absolute Gasteiger partial charge is 0.296 e. The third-order valence-electron chi connectivity index (χ3n) is 4.28. The van der Waals surface area contributed by atoms with Crippen LogP contribution in [0.5, 0.6) is 0 Å². The van der Waals surface area contributed by atoms with Crippen LogP contribution >= 0.6 is 11.3 Å². The number of carbonyl (C=O) groups excluding carboxylic acids is 3. The number of fused-ring (bicyclic) bond motifs is 1. The molecule has 3 aromatic rings. The molecular weight excluding hydrogens is 364 g/mol. The number of hydrogen-bond acceptors (Lipinski definition) is 6. The highest BCUT2D eigenvalue weighted by Crippen LogP contribution is 2.25. The molecule has 8 heteroatoms. The van der Waals surface area contributed by atoms with Crippen LogP contribution in [0.3, 0.4) is 0 Å². The van der Waals surface area contributed by atoms with Crippen molar-refractivity contribution in [3.63, 3.8) is 0 Å². The number of benzene rings is 2. The number of carbonyl (C=O) groups is 3. The van der Waals surface area contributed by atoms with Crippen molar-refractivity contribution in [1.29, 1.82) is 0 Å². The molecule has 0 saturated carbocycles. The first kappa shape index (κ1) is 17.0. The second-order valence-corrected chi connectivity index (χ2v) is 6.79. The first-order chi connectivity index (χ1) is 13.1. The number of nitrogens with one attached hydrogen (secondary N) is 1. The summed E-state index contributed by atoms with van der Waals surface area (Å²) >= 11 is 1.19. The Labute approximate surface area is 158 Å².